The Kier molecular flexibility index (Phi) is 6.92. The summed E-state index contributed by atoms with van der Waals surface area (Å²) < 4.78 is 10.4. The number of hydrogen-bond donors (Lipinski definition) is 0. The molecule has 0 aliphatic rings. The SMILES string of the molecule is CCOC(=O)c1ccccc1C(=O)OC(C)CCC(C)C. The van der Waals surface area contributed by atoms with Crippen molar-refractivity contribution in [3.63, 3.8) is 0 Å². The van der Waals surface area contributed by atoms with E-state index in [1.54, 1.807) is 31.2 Å². The van der Waals surface area contributed by atoms with Gasteiger partial charge in [0, 0.05) is 0 Å². The summed E-state index contributed by atoms with van der Waals surface area (Å²) >= 11 is 0. The second kappa shape index (κ2) is 8.45. The van der Waals surface area contributed by atoms with E-state index in [0.29, 0.717) is 5.92 Å². The van der Waals surface area contributed by atoms with Gasteiger partial charge in [0.25, 0.3) is 0 Å². The first-order chi connectivity index (χ1) is 9.95. The van der Waals surface area contributed by atoms with Crippen molar-refractivity contribution in [2.24, 2.45) is 5.92 Å². The summed E-state index contributed by atoms with van der Waals surface area (Å²) in [4.78, 5) is 24.0. The molecule has 0 aliphatic carbocycles. The van der Waals surface area contributed by atoms with Gasteiger partial charge in [0.1, 0.15) is 0 Å². The molecule has 1 rings (SSSR count). The Hall–Kier alpha value is -1.84. The molecule has 0 radical (unpaired) electrons. The molecule has 0 aromatic heterocycles. The highest BCUT2D eigenvalue weighted by molar-refractivity contribution is 6.03. The summed E-state index contributed by atoms with van der Waals surface area (Å²) in [7, 11) is 0. The van der Waals surface area contributed by atoms with Gasteiger partial charge in [0.05, 0.1) is 23.8 Å². The molecule has 0 heterocycles. The Balaban J connectivity index is 2.76. The predicted molar refractivity (Wildman–Crippen MR) is 81.3 cm³/mol. The molecule has 1 aromatic carbocycles. The van der Waals surface area contributed by atoms with Gasteiger partial charge in [-0.25, -0.2) is 9.59 Å². The van der Waals surface area contributed by atoms with E-state index in [4.69, 9.17) is 9.47 Å². The van der Waals surface area contributed by atoms with Gasteiger partial charge in [-0.3, -0.25) is 0 Å². The fourth-order valence-corrected chi connectivity index (χ4v) is 1.92. The molecule has 21 heavy (non-hydrogen) atoms. The molecule has 1 unspecified atom stereocenters. The monoisotopic (exact) mass is 292 g/mol. The largest absolute Gasteiger partial charge is 0.462 e. The fourth-order valence-electron chi connectivity index (χ4n) is 1.92. The Bertz CT molecular complexity index is 479. The highest BCUT2D eigenvalue weighted by Crippen LogP contribution is 2.15. The quantitative estimate of drug-likeness (QED) is 0.716. The van der Waals surface area contributed by atoms with Crippen LogP contribution < -0.4 is 0 Å². The van der Waals surface area contributed by atoms with E-state index in [1.165, 1.54) is 0 Å². The van der Waals surface area contributed by atoms with Crippen molar-refractivity contribution >= 4 is 11.9 Å². The minimum Gasteiger partial charge on any atom is -0.462 e. The maximum Gasteiger partial charge on any atom is 0.339 e. The predicted octanol–water partition coefficient (Wildman–Crippen LogP) is 3.84. The molecule has 4 heteroatoms. The zero-order chi connectivity index (χ0) is 15.8. The van der Waals surface area contributed by atoms with Gasteiger partial charge in [-0.05, 0) is 44.7 Å². The van der Waals surface area contributed by atoms with E-state index >= 15 is 0 Å². The fraction of sp³-hybridized carbons (Fsp3) is 0.529. The number of esters is 2. The normalized spacial score (nSPS) is 12.0. The van der Waals surface area contributed by atoms with Crippen LogP contribution in [-0.2, 0) is 9.47 Å². The van der Waals surface area contributed by atoms with E-state index < -0.39 is 11.9 Å². The molecule has 0 bridgehead atoms. The van der Waals surface area contributed by atoms with E-state index in [1.807, 2.05) is 6.92 Å². The number of benzene rings is 1. The lowest BCUT2D eigenvalue weighted by molar-refractivity contribution is 0.0303. The first kappa shape index (κ1) is 17.2. The molecule has 1 aromatic rings. The van der Waals surface area contributed by atoms with Crippen molar-refractivity contribution < 1.29 is 19.1 Å². The molecule has 0 aliphatic heterocycles. The number of hydrogen-bond acceptors (Lipinski definition) is 4. The summed E-state index contributed by atoms with van der Waals surface area (Å²) in [6.45, 7) is 8.13. The number of ether oxygens (including phenoxy) is 2. The zero-order valence-electron chi connectivity index (χ0n) is 13.2. The lowest BCUT2D eigenvalue weighted by Crippen LogP contribution is -2.19. The summed E-state index contributed by atoms with van der Waals surface area (Å²) in [5.74, 6) is -0.409. The maximum atomic E-state index is 12.2. The van der Waals surface area contributed by atoms with Gasteiger partial charge < -0.3 is 9.47 Å². The van der Waals surface area contributed by atoms with Crippen LogP contribution >= 0.6 is 0 Å². The first-order valence-corrected chi connectivity index (χ1v) is 7.42. The smallest absolute Gasteiger partial charge is 0.339 e. The Morgan fingerprint density at radius 2 is 1.57 bits per heavy atom. The van der Waals surface area contributed by atoms with E-state index in [9.17, 15) is 9.59 Å². The lowest BCUT2D eigenvalue weighted by Gasteiger charge is -2.15. The minimum atomic E-state index is -0.500. The van der Waals surface area contributed by atoms with E-state index in [0.717, 1.165) is 12.8 Å². The van der Waals surface area contributed by atoms with Crippen molar-refractivity contribution in [2.75, 3.05) is 6.61 Å². The van der Waals surface area contributed by atoms with Crippen LogP contribution in [0.2, 0.25) is 0 Å². The van der Waals surface area contributed by atoms with Crippen LogP contribution in [0, 0.1) is 5.92 Å². The second-order valence-electron chi connectivity index (χ2n) is 5.45. The summed E-state index contributed by atoms with van der Waals surface area (Å²) in [5, 5.41) is 0. The third kappa shape index (κ3) is 5.58. The molecule has 4 nitrogen and oxygen atoms in total. The maximum absolute atomic E-state index is 12.2. The molecule has 0 amide bonds. The number of carbonyl (C=O) groups excluding carboxylic acids is 2. The Morgan fingerprint density at radius 1 is 1.00 bits per heavy atom. The van der Waals surface area contributed by atoms with Crippen LogP contribution in [0.1, 0.15) is 61.3 Å². The molecule has 1 atom stereocenters. The Morgan fingerprint density at radius 3 is 2.10 bits per heavy atom. The third-order valence-corrected chi connectivity index (χ3v) is 3.10. The van der Waals surface area contributed by atoms with Gasteiger partial charge >= 0.3 is 11.9 Å². The topological polar surface area (TPSA) is 52.6 Å². The van der Waals surface area contributed by atoms with Crippen LogP contribution in [0.25, 0.3) is 0 Å². The lowest BCUT2D eigenvalue weighted by atomic mass is 10.1. The standard InChI is InChI=1S/C17H24O4/c1-5-20-16(18)14-8-6-7-9-15(14)17(19)21-13(4)11-10-12(2)3/h6-9,12-13H,5,10-11H2,1-4H3. The molecule has 0 fully saturated rings. The molecule has 0 saturated carbocycles. The zero-order valence-corrected chi connectivity index (χ0v) is 13.2. The average molecular weight is 292 g/mol. The third-order valence-electron chi connectivity index (χ3n) is 3.10. The van der Waals surface area contributed by atoms with E-state index in [2.05, 4.69) is 13.8 Å². The molecular formula is C17H24O4. The molecule has 0 saturated heterocycles. The highest BCUT2D eigenvalue weighted by Gasteiger charge is 2.20. The van der Waals surface area contributed by atoms with Gasteiger partial charge in [-0.2, -0.15) is 0 Å². The first-order valence-electron chi connectivity index (χ1n) is 7.42. The average Bonchev–Trinajstić information content (AvgIpc) is 2.45. The van der Waals surface area contributed by atoms with E-state index in [-0.39, 0.29) is 23.8 Å². The van der Waals surface area contributed by atoms with Crippen molar-refractivity contribution in [1.82, 2.24) is 0 Å². The van der Waals surface area contributed by atoms with Crippen LogP contribution in [0.4, 0.5) is 0 Å². The Labute approximate surface area is 126 Å². The minimum absolute atomic E-state index is 0.171. The van der Waals surface area contributed by atoms with Crippen molar-refractivity contribution in [3.05, 3.63) is 35.4 Å². The van der Waals surface area contributed by atoms with Crippen molar-refractivity contribution in [2.45, 2.75) is 46.6 Å². The van der Waals surface area contributed by atoms with Gasteiger partial charge in [-0.15, -0.1) is 0 Å². The van der Waals surface area contributed by atoms with Gasteiger partial charge in [-0.1, -0.05) is 26.0 Å². The second-order valence-corrected chi connectivity index (χ2v) is 5.45. The molecule has 0 N–H and O–H groups in total. The summed E-state index contributed by atoms with van der Waals surface area (Å²) in [6.07, 6.45) is 1.63. The van der Waals surface area contributed by atoms with Crippen LogP contribution in [0.5, 0.6) is 0 Å². The summed E-state index contributed by atoms with van der Waals surface area (Å²) in [5.41, 5.74) is 0.507. The van der Waals surface area contributed by atoms with Gasteiger partial charge in [0.15, 0.2) is 0 Å². The highest BCUT2D eigenvalue weighted by atomic mass is 16.5. The van der Waals surface area contributed by atoms with Crippen molar-refractivity contribution in [3.8, 4) is 0 Å². The summed E-state index contributed by atoms with van der Waals surface area (Å²) in [6, 6.07) is 6.57. The van der Waals surface area contributed by atoms with Crippen LogP contribution in [0.15, 0.2) is 24.3 Å². The number of carbonyl (C=O) groups is 2. The molecule has 0 spiro atoms. The van der Waals surface area contributed by atoms with Crippen molar-refractivity contribution in [1.29, 1.82) is 0 Å². The van der Waals surface area contributed by atoms with Crippen LogP contribution in [0.3, 0.4) is 0 Å². The number of rotatable bonds is 7. The molecule has 116 valence electrons. The van der Waals surface area contributed by atoms with Crippen LogP contribution in [-0.4, -0.2) is 24.6 Å². The molecular weight excluding hydrogens is 268 g/mol. The van der Waals surface area contributed by atoms with Gasteiger partial charge in [0.2, 0.25) is 0 Å².